The Morgan fingerprint density at radius 1 is 1.19 bits per heavy atom. The van der Waals surface area contributed by atoms with Crippen molar-refractivity contribution in [3.05, 3.63) is 58.7 Å². The highest BCUT2D eigenvalue weighted by Crippen LogP contribution is 2.29. The van der Waals surface area contributed by atoms with E-state index in [1.165, 1.54) is 5.56 Å². The molecule has 6 nitrogen and oxygen atoms in total. The summed E-state index contributed by atoms with van der Waals surface area (Å²) in [6.45, 7) is 3.94. The van der Waals surface area contributed by atoms with E-state index >= 15 is 0 Å². The molecular weight excluding hydrogens is 344 g/mol. The molecule has 0 saturated carbocycles. The molecule has 0 spiro atoms. The van der Waals surface area contributed by atoms with Crippen LogP contribution in [0, 0.1) is 0 Å². The van der Waals surface area contributed by atoms with Gasteiger partial charge in [0.15, 0.2) is 0 Å². The molecule has 6 heteroatoms. The topological polar surface area (TPSA) is 71.0 Å². The first-order valence-electron chi connectivity index (χ1n) is 9.29. The Kier molecular flexibility index (Phi) is 4.90. The minimum atomic E-state index is -0.119. The maximum absolute atomic E-state index is 12.7. The van der Waals surface area contributed by atoms with E-state index < -0.39 is 0 Å². The van der Waals surface area contributed by atoms with Gasteiger partial charge in [0.2, 0.25) is 0 Å². The van der Waals surface area contributed by atoms with Crippen molar-refractivity contribution in [3.63, 3.8) is 0 Å². The van der Waals surface area contributed by atoms with Gasteiger partial charge in [-0.15, -0.1) is 0 Å². The van der Waals surface area contributed by atoms with E-state index in [0.29, 0.717) is 26.2 Å². The highest BCUT2D eigenvalue weighted by Gasteiger charge is 2.21. The molecule has 0 aliphatic carbocycles. The Hall–Kier alpha value is -2.73. The lowest BCUT2D eigenvalue weighted by atomic mass is 10.1. The number of amides is 2. The van der Waals surface area contributed by atoms with Crippen molar-refractivity contribution < 1.29 is 19.4 Å². The monoisotopic (exact) mass is 368 g/mol. The van der Waals surface area contributed by atoms with Crippen molar-refractivity contribution >= 4 is 6.03 Å². The van der Waals surface area contributed by atoms with Gasteiger partial charge >= 0.3 is 6.03 Å². The van der Waals surface area contributed by atoms with Crippen molar-refractivity contribution in [2.45, 2.75) is 39.1 Å². The summed E-state index contributed by atoms with van der Waals surface area (Å²) >= 11 is 0. The second kappa shape index (κ2) is 7.48. The van der Waals surface area contributed by atoms with Gasteiger partial charge in [-0.2, -0.15) is 0 Å². The number of fused-ring (bicyclic) bond motifs is 2. The van der Waals surface area contributed by atoms with Gasteiger partial charge in [-0.1, -0.05) is 18.2 Å². The Labute approximate surface area is 158 Å². The lowest BCUT2D eigenvalue weighted by Gasteiger charge is -2.20. The fourth-order valence-electron chi connectivity index (χ4n) is 3.59. The van der Waals surface area contributed by atoms with E-state index in [4.69, 9.17) is 9.47 Å². The smallest absolute Gasteiger partial charge is 0.318 e. The van der Waals surface area contributed by atoms with Gasteiger partial charge in [-0.25, -0.2) is 4.79 Å². The number of hydrogen-bond acceptors (Lipinski definition) is 4. The number of benzene rings is 2. The molecule has 0 aromatic heterocycles. The van der Waals surface area contributed by atoms with Gasteiger partial charge in [0, 0.05) is 18.5 Å². The Bertz CT molecular complexity index is 852. The fourth-order valence-corrected chi connectivity index (χ4v) is 3.59. The Morgan fingerprint density at radius 3 is 2.81 bits per heavy atom. The van der Waals surface area contributed by atoms with Gasteiger partial charge in [0.25, 0.3) is 0 Å². The molecule has 0 saturated heterocycles. The van der Waals surface area contributed by atoms with Crippen LogP contribution in [0.1, 0.15) is 29.2 Å². The van der Waals surface area contributed by atoms with Crippen LogP contribution in [0.2, 0.25) is 0 Å². The minimum absolute atomic E-state index is 0.0276. The SMILES string of the molecule is CC1Cc2cc(CNC(=O)N3CCOc4ccc(CO)cc4C3)ccc2O1. The Morgan fingerprint density at radius 2 is 1.96 bits per heavy atom. The normalized spacial score (nSPS) is 18.0. The number of rotatable bonds is 3. The number of carbonyl (C=O) groups is 1. The third-order valence-electron chi connectivity index (χ3n) is 4.98. The minimum Gasteiger partial charge on any atom is -0.491 e. The zero-order valence-electron chi connectivity index (χ0n) is 15.4. The molecule has 0 bridgehead atoms. The molecule has 4 rings (SSSR count). The molecule has 0 radical (unpaired) electrons. The van der Waals surface area contributed by atoms with Gasteiger partial charge < -0.3 is 24.8 Å². The van der Waals surface area contributed by atoms with Crippen LogP contribution >= 0.6 is 0 Å². The van der Waals surface area contributed by atoms with E-state index in [1.54, 1.807) is 4.90 Å². The molecule has 2 aliphatic rings. The molecule has 2 N–H and O–H groups in total. The van der Waals surface area contributed by atoms with Crippen LogP contribution in [0.25, 0.3) is 0 Å². The molecule has 2 amide bonds. The summed E-state index contributed by atoms with van der Waals surface area (Å²) in [6, 6.07) is 11.5. The summed E-state index contributed by atoms with van der Waals surface area (Å²) in [5.74, 6) is 1.72. The predicted octanol–water partition coefficient (Wildman–Crippen LogP) is 2.61. The van der Waals surface area contributed by atoms with E-state index in [-0.39, 0.29) is 18.7 Å². The summed E-state index contributed by atoms with van der Waals surface area (Å²) in [7, 11) is 0. The molecular formula is C21H24N2O4. The largest absolute Gasteiger partial charge is 0.491 e. The zero-order valence-corrected chi connectivity index (χ0v) is 15.4. The quantitative estimate of drug-likeness (QED) is 0.874. The molecule has 2 aromatic rings. The highest BCUT2D eigenvalue weighted by molar-refractivity contribution is 5.74. The first-order chi connectivity index (χ1) is 13.1. The molecule has 142 valence electrons. The predicted molar refractivity (Wildman–Crippen MR) is 101 cm³/mol. The van der Waals surface area contributed by atoms with Crippen molar-refractivity contribution in [3.8, 4) is 11.5 Å². The average Bonchev–Trinajstić information content (AvgIpc) is 2.91. The number of ether oxygens (including phenoxy) is 2. The maximum Gasteiger partial charge on any atom is 0.318 e. The lowest BCUT2D eigenvalue weighted by molar-refractivity contribution is 0.187. The number of urea groups is 1. The molecule has 2 aliphatic heterocycles. The van der Waals surface area contributed by atoms with Gasteiger partial charge in [-0.05, 0) is 41.8 Å². The molecule has 2 aromatic carbocycles. The molecule has 0 fully saturated rings. The van der Waals surface area contributed by atoms with Crippen LogP contribution in [0.5, 0.6) is 11.5 Å². The standard InChI is InChI=1S/C21H24N2O4/c1-14-8-17-9-15(2-5-20(17)27-14)11-22-21(25)23-6-7-26-19-4-3-16(13-24)10-18(19)12-23/h2-5,9-10,14,24H,6-8,11-13H2,1H3,(H,22,25). The van der Waals surface area contributed by atoms with Crippen LogP contribution < -0.4 is 14.8 Å². The van der Waals surface area contributed by atoms with Gasteiger partial charge in [0.05, 0.1) is 19.7 Å². The molecule has 27 heavy (non-hydrogen) atoms. The lowest BCUT2D eigenvalue weighted by Crippen LogP contribution is -2.40. The van der Waals surface area contributed by atoms with Crippen LogP contribution in [0.4, 0.5) is 4.79 Å². The van der Waals surface area contributed by atoms with E-state index in [2.05, 4.69) is 18.3 Å². The number of carbonyl (C=O) groups excluding carboxylic acids is 1. The number of aliphatic hydroxyl groups excluding tert-OH is 1. The van der Waals surface area contributed by atoms with Crippen molar-refractivity contribution in [1.29, 1.82) is 0 Å². The van der Waals surface area contributed by atoms with Crippen LogP contribution in [0.3, 0.4) is 0 Å². The van der Waals surface area contributed by atoms with Crippen molar-refractivity contribution in [2.24, 2.45) is 0 Å². The second-order valence-electron chi connectivity index (χ2n) is 7.10. The number of nitrogens with zero attached hydrogens (tertiary/aromatic N) is 1. The van der Waals surface area contributed by atoms with Gasteiger partial charge in [0.1, 0.15) is 24.2 Å². The third-order valence-corrected chi connectivity index (χ3v) is 4.98. The summed E-state index contributed by atoms with van der Waals surface area (Å²) in [5.41, 5.74) is 3.99. The summed E-state index contributed by atoms with van der Waals surface area (Å²) < 4.78 is 11.5. The van der Waals surface area contributed by atoms with E-state index in [1.807, 2.05) is 30.3 Å². The van der Waals surface area contributed by atoms with Crippen molar-refractivity contribution in [1.82, 2.24) is 10.2 Å². The molecule has 1 unspecified atom stereocenters. The van der Waals surface area contributed by atoms with Crippen molar-refractivity contribution in [2.75, 3.05) is 13.2 Å². The first-order valence-corrected chi connectivity index (χ1v) is 9.29. The van der Waals surface area contributed by atoms with Crippen LogP contribution in [0.15, 0.2) is 36.4 Å². The van der Waals surface area contributed by atoms with Gasteiger partial charge in [-0.3, -0.25) is 0 Å². The fraction of sp³-hybridized carbons (Fsp3) is 0.381. The Balaban J connectivity index is 1.40. The highest BCUT2D eigenvalue weighted by atomic mass is 16.5. The summed E-state index contributed by atoms with van der Waals surface area (Å²) in [4.78, 5) is 14.4. The van der Waals surface area contributed by atoms with Crippen LogP contribution in [-0.4, -0.2) is 35.3 Å². The summed E-state index contributed by atoms with van der Waals surface area (Å²) in [5, 5.41) is 12.3. The van der Waals surface area contributed by atoms with E-state index in [9.17, 15) is 9.90 Å². The molecule has 2 heterocycles. The summed E-state index contributed by atoms with van der Waals surface area (Å²) in [6.07, 6.45) is 1.12. The zero-order chi connectivity index (χ0) is 18.8. The van der Waals surface area contributed by atoms with Crippen LogP contribution in [-0.2, 0) is 26.1 Å². The van der Waals surface area contributed by atoms with E-state index in [0.717, 1.165) is 34.6 Å². The average molecular weight is 368 g/mol. The third kappa shape index (κ3) is 3.85. The molecule has 1 atom stereocenters. The first kappa shape index (κ1) is 17.7. The maximum atomic E-state index is 12.7. The second-order valence-corrected chi connectivity index (χ2v) is 7.10. The number of aliphatic hydroxyl groups is 1. The number of nitrogens with one attached hydrogen (secondary N) is 1. The number of hydrogen-bond donors (Lipinski definition) is 2.